The molecule has 1 aromatic heterocycles. The summed E-state index contributed by atoms with van der Waals surface area (Å²) in [5, 5.41) is 11.5. The molecule has 72 valence electrons. The third kappa shape index (κ3) is 0.863. The second-order valence-corrected chi connectivity index (χ2v) is 3.31. The number of nitrogens with one attached hydrogen (secondary N) is 1. The molecule has 0 saturated heterocycles. The summed E-state index contributed by atoms with van der Waals surface area (Å²) in [4.78, 5) is 26.3. The minimum absolute atomic E-state index is 0.463. The van der Waals surface area contributed by atoms with Crippen LogP contribution < -0.4 is 5.32 Å². The van der Waals surface area contributed by atoms with Crippen LogP contribution in [0.1, 0.15) is 12.5 Å². The summed E-state index contributed by atoms with van der Waals surface area (Å²) < 4.78 is 0. The fourth-order valence-corrected chi connectivity index (χ4v) is 1.51. The van der Waals surface area contributed by atoms with Crippen molar-refractivity contribution in [3.05, 3.63) is 24.0 Å². The summed E-state index contributed by atoms with van der Waals surface area (Å²) in [5.74, 6) is -1.67. The number of aliphatic carboxylic acids is 1. The van der Waals surface area contributed by atoms with E-state index in [2.05, 4.69) is 10.3 Å². The first kappa shape index (κ1) is 8.68. The van der Waals surface area contributed by atoms with Crippen molar-refractivity contribution in [2.45, 2.75) is 12.3 Å². The first-order valence-electron chi connectivity index (χ1n) is 4.06. The molecule has 0 unspecified atom stereocenters. The smallest absolute Gasteiger partial charge is 0.323 e. The largest absolute Gasteiger partial charge is 0.480 e. The molecular weight excluding hydrogens is 184 g/mol. The third-order valence-electron chi connectivity index (χ3n) is 2.49. The van der Waals surface area contributed by atoms with Crippen LogP contribution in [0.3, 0.4) is 0 Å². The zero-order chi connectivity index (χ0) is 10.3. The maximum Gasteiger partial charge on any atom is 0.323 e. The van der Waals surface area contributed by atoms with Gasteiger partial charge >= 0.3 is 5.97 Å². The van der Waals surface area contributed by atoms with Gasteiger partial charge in [-0.3, -0.25) is 14.6 Å². The molecule has 1 aromatic rings. The first-order valence-corrected chi connectivity index (χ1v) is 4.06. The fraction of sp³-hybridized carbons (Fsp3) is 0.222. The summed E-state index contributed by atoms with van der Waals surface area (Å²) in [6.07, 6.45) is 2.92. The Labute approximate surface area is 79.8 Å². The van der Waals surface area contributed by atoms with Crippen molar-refractivity contribution in [3.63, 3.8) is 0 Å². The molecule has 2 rings (SSSR count). The Kier molecular flexibility index (Phi) is 1.57. The van der Waals surface area contributed by atoms with E-state index >= 15 is 0 Å². The van der Waals surface area contributed by atoms with Crippen molar-refractivity contribution in [3.8, 4) is 0 Å². The summed E-state index contributed by atoms with van der Waals surface area (Å²) in [7, 11) is 0. The number of carbonyl (C=O) groups is 2. The highest BCUT2D eigenvalue weighted by atomic mass is 16.4. The predicted molar refractivity (Wildman–Crippen MR) is 47.9 cm³/mol. The maximum atomic E-state index is 11.5. The van der Waals surface area contributed by atoms with Crippen LogP contribution in [-0.2, 0) is 15.0 Å². The Morgan fingerprint density at radius 2 is 2.36 bits per heavy atom. The predicted octanol–water partition coefficient (Wildman–Crippen LogP) is 0.376. The van der Waals surface area contributed by atoms with Gasteiger partial charge in [0.15, 0.2) is 5.41 Å². The normalized spacial score (nSPS) is 24.2. The lowest BCUT2D eigenvalue weighted by molar-refractivity contribution is -0.146. The van der Waals surface area contributed by atoms with E-state index in [9.17, 15) is 9.59 Å². The van der Waals surface area contributed by atoms with Gasteiger partial charge in [-0.1, -0.05) is 0 Å². The minimum Gasteiger partial charge on any atom is -0.480 e. The molecule has 1 aliphatic rings. The standard InChI is InChI=1S/C9H8N2O3/c1-9(8(13)14)5-2-3-10-4-6(5)11-7(9)12/h2-4H,1H3,(H,11,12)(H,13,14)/t9-/m0/s1. The van der Waals surface area contributed by atoms with Crippen LogP contribution >= 0.6 is 0 Å². The van der Waals surface area contributed by atoms with Crippen molar-refractivity contribution < 1.29 is 14.7 Å². The lowest BCUT2D eigenvalue weighted by Crippen LogP contribution is -2.39. The van der Waals surface area contributed by atoms with Crippen molar-refractivity contribution >= 4 is 17.6 Å². The zero-order valence-electron chi connectivity index (χ0n) is 7.44. The quantitative estimate of drug-likeness (QED) is 0.630. The number of carboxylic acid groups (broad SMARTS) is 1. The van der Waals surface area contributed by atoms with E-state index in [1.807, 2.05) is 0 Å². The first-order chi connectivity index (χ1) is 6.56. The highest BCUT2D eigenvalue weighted by Gasteiger charge is 2.49. The zero-order valence-corrected chi connectivity index (χ0v) is 7.44. The highest BCUT2D eigenvalue weighted by Crippen LogP contribution is 2.36. The lowest BCUT2D eigenvalue weighted by atomic mass is 9.84. The van der Waals surface area contributed by atoms with Crippen LogP contribution in [0.15, 0.2) is 18.5 Å². The van der Waals surface area contributed by atoms with E-state index < -0.39 is 17.3 Å². The van der Waals surface area contributed by atoms with Gasteiger partial charge in [-0.05, 0) is 13.0 Å². The second-order valence-electron chi connectivity index (χ2n) is 3.31. The van der Waals surface area contributed by atoms with E-state index in [4.69, 9.17) is 5.11 Å². The fourth-order valence-electron chi connectivity index (χ4n) is 1.51. The maximum absolute atomic E-state index is 11.5. The summed E-state index contributed by atoms with van der Waals surface area (Å²) >= 11 is 0. The molecule has 0 saturated carbocycles. The average molecular weight is 192 g/mol. The van der Waals surface area contributed by atoms with Gasteiger partial charge in [-0.15, -0.1) is 0 Å². The number of amides is 1. The van der Waals surface area contributed by atoms with Crippen LogP contribution in [0.4, 0.5) is 5.69 Å². The Hall–Kier alpha value is -1.91. The number of aromatic nitrogens is 1. The van der Waals surface area contributed by atoms with E-state index in [1.54, 1.807) is 6.07 Å². The molecule has 14 heavy (non-hydrogen) atoms. The van der Waals surface area contributed by atoms with E-state index in [1.165, 1.54) is 19.3 Å². The number of pyridine rings is 1. The van der Waals surface area contributed by atoms with Crippen molar-refractivity contribution in [1.29, 1.82) is 0 Å². The number of carboxylic acids is 1. The topological polar surface area (TPSA) is 79.3 Å². The van der Waals surface area contributed by atoms with Crippen molar-refractivity contribution in [2.75, 3.05) is 5.32 Å². The Balaban J connectivity index is 2.66. The Morgan fingerprint density at radius 3 is 3.00 bits per heavy atom. The molecule has 0 radical (unpaired) electrons. The van der Waals surface area contributed by atoms with Crippen molar-refractivity contribution in [2.24, 2.45) is 0 Å². The van der Waals surface area contributed by atoms with E-state index in [-0.39, 0.29) is 0 Å². The molecule has 2 heterocycles. The SMILES string of the molecule is C[C@@]1(C(=O)O)C(=O)Nc2cnccc21. The minimum atomic E-state index is -1.49. The van der Waals surface area contributed by atoms with Crippen LogP contribution in [0.5, 0.6) is 0 Å². The van der Waals surface area contributed by atoms with Gasteiger partial charge in [0.05, 0.1) is 11.9 Å². The molecule has 1 atom stereocenters. The molecule has 1 amide bonds. The number of rotatable bonds is 1. The van der Waals surface area contributed by atoms with E-state index in [0.29, 0.717) is 11.3 Å². The number of hydrogen-bond donors (Lipinski definition) is 2. The Bertz CT molecular complexity index is 430. The van der Waals surface area contributed by atoms with Crippen LogP contribution in [0.25, 0.3) is 0 Å². The molecule has 0 aliphatic carbocycles. The number of nitrogens with zero attached hydrogens (tertiary/aromatic N) is 1. The molecule has 0 fully saturated rings. The van der Waals surface area contributed by atoms with Gasteiger partial charge in [0, 0.05) is 11.8 Å². The molecule has 0 aromatic carbocycles. The van der Waals surface area contributed by atoms with Gasteiger partial charge in [-0.25, -0.2) is 0 Å². The number of fused-ring (bicyclic) bond motifs is 1. The monoisotopic (exact) mass is 192 g/mol. The van der Waals surface area contributed by atoms with Gasteiger partial charge < -0.3 is 10.4 Å². The van der Waals surface area contributed by atoms with Crippen molar-refractivity contribution in [1.82, 2.24) is 4.98 Å². The molecule has 1 aliphatic heterocycles. The van der Waals surface area contributed by atoms with Crippen LogP contribution in [-0.4, -0.2) is 22.0 Å². The average Bonchev–Trinajstić information content (AvgIpc) is 2.41. The van der Waals surface area contributed by atoms with Gasteiger partial charge in [0.1, 0.15) is 0 Å². The summed E-state index contributed by atoms with van der Waals surface area (Å²) in [5.41, 5.74) is -0.550. The molecule has 5 heteroatoms. The van der Waals surface area contributed by atoms with Crippen LogP contribution in [0, 0.1) is 0 Å². The van der Waals surface area contributed by atoms with Gasteiger partial charge in [-0.2, -0.15) is 0 Å². The number of hydrogen-bond acceptors (Lipinski definition) is 3. The second kappa shape index (κ2) is 2.54. The number of anilines is 1. The molecule has 2 N–H and O–H groups in total. The molecule has 0 spiro atoms. The molecule has 5 nitrogen and oxygen atoms in total. The summed E-state index contributed by atoms with van der Waals surface area (Å²) in [6, 6.07) is 1.54. The summed E-state index contributed by atoms with van der Waals surface area (Å²) in [6.45, 7) is 1.39. The third-order valence-corrected chi connectivity index (χ3v) is 2.49. The van der Waals surface area contributed by atoms with Gasteiger partial charge in [0.2, 0.25) is 5.91 Å². The highest BCUT2D eigenvalue weighted by molar-refractivity contribution is 6.18. The van der Waals surface area contributed by atoms with Crippen LogP contribution in [0.2, 0.25) is 0 Å². The van der Waals surface area contributed by atoms with Gasteiger partial charge in [0.25, 0.3) is 0 Å². The molecular formula is C9H8N2O3. The molecule has 0 bridgehead atoms. The number of carbonyl (C=O) groups excluding carboxylic acids is 1. The Morgan fingerprint density at radius 1 is 1.64 bits per heavy atom. The van der Waals surface area contributed by atoms with E-state index in [0.717, 1.165) is 0 Å². The lowest BCUT2D eigenvalue weighted by Gasteiger charge is -2.15.